The summed E-state index contributed by atoms with van der Waals surface area (Å²) in [5.41, 5.74) is 11.1. The highest BCUT2D eigenvalue weighted by atomic mass is 16.1. The van der Waals surface area contributed by atoms with Crippen LogP contribution in [0.4, 0.5) is 11.4 Å². The summed E-state index contributed by atoms with van der Waals surface area (Å²) in [6.07, 6.45) is 0. The predicted octanol–water partition coefficient (Wildman–Crippen LogP) is 3.45. The maximum absolute atomic E-state index is 12.2. The van der Waals surface area contributed by atoms with Crippen molar-refractivity contribution in [3.63, 3.8) is 0 Å². The molecule has 0 aliphatic heterocycles. The Balaban J connectivity index is 2.26. The van der Waals surface area contributed by atoms with E-state index in [1.807, 2.05) is 57.2 Å². The molecule has 0 saturated carbocycles. The van der Waals surface area contributed by atoms with Gasteiger partial charge in [0.15, 0.2) is 0 Å². The molecule has 0 spiro atoms. The molecular weight excluding hydrogens is 236 g/mol. The summed E-state index contributed by atoms with van der Waals surface area (Å²) in [7, 11) is 0. The van der Waals surface area contributed by atoms with E-state index in [1.165, 1.54) is 5.56 Å². The normalized spacial score (nSPS) is 10.3. The summed E-state index contributed by atoms with van der Waals surface area (Å²) in [5, 5.41) is 2.90. The topological polar surface area (TPSA) is 55.1 Å². The van der Waals surface area contributed by atoms with Crippen molar-refractivity contribution in [3.05, 3.63) is 58.7 Å². The fourth-order valence-electron chi connectivity index (χ4n) is 1.87. The van der Waals surface area contributed by atoms with E-state index in [1.54, 1.807) is 0 Å². The van der Waals surface area contributed by atoms with Gasteiger partial charge in [0.2, 0.25) is 0 Å². The third-order valence-electron chi connectivity index (χ3n) is 3.39. The highest BCUT2D eigenvalue weighted by molar-refractivity contribution is 6.05. The number of nitrogens with two attached hydrogens (primary N) is 1. The number of nitrogens with one attached hydrogen (secondary N) is 1. The van der Waals surface area contributed by atoms with Crippen LogP contribution in [0.15, 0.2) is 36.4 Å². The number of anilines is 2. The molecular formula is C16H18N2O. The zero-order valence-corrected chi connectivity index (χ0v) is 11.4. The number of carbonyl (C=O) groups excluding carboxylic acids is 1. The Morgan fingerprint density at radius 3 is 2.47 bits per heavy atom. The lowest BCUT2D eigenvalue weighted by Crippen LogP contribution is -2.13. The summed E-state index contributed by atoms with van der Waals surface area (Å²) < 4.78 is 0. The molecule has 3 heteroatoms. The van der Waals surface area contributed by atoms with Gasteiger partial charge in [-0.05, 0) is 61.7 Å². The van der Waals surface area contributed by atoms with Gasteiger partial charge in [0, 0.05) is 16.9 Å². The Morgan fingerprint density at radius 1 is 1.05 bits per heavy atom. The van der Waals surface area contributed by atoms with Crippen LogP contribution in [0.3, 0.4) is 0 Å². The van der Waals surface area contributed by atoms with Crippen molar-refractivity contribution in [1.82, 2.24) is 0 Å². The first kappa shape index (κ1) is 13.1. The van der Waals surface area contributed by atoms with Gasteiger partial charge in [0.1, 0.15) is 0 Å². The lowest BCUT2D eigenvalue weighted by atomic mass is 10.1. The van der Waals surface area contributed by atoms with Crippen LogP contribution in [-0.2, 0) is 0 Å². The van der Waals surface area contributed by atoms with Gasteiger partial charge in [0.25, 0.3) is 5.91 Å². The number of amides is 1. The summed E-state index contributed by atoms with van der Waals surface area (Å²) >= 11 is 0. The van der Waals surface area contributed by atoms with Crippen molar-refractivity contribution in [3.8, 4) is 0 Å². The Bertz CT molecular complexity index is 633. The van der Waals surface area contributed by atoms with Crippen molar-refractivity contribution in [1.29, 1.82) is 0 Å². The lowest BCUT2D eigenvalue weighted by molar-refractivity contribution is 0.102. The van der Waals surface area contributed by atoms with Crippen LogP contribution >= 0.6 is 0 Å². The molecule has 0 saturated heterocycles. The zero-order valence-electron chi connectivity index (χ0n) is 11.4. The molecule has 2 aromatic rings. The van der Waals surface area contributed by atoms with Crippen LogP contribution < -0.4 is 11.1 Å². The SMILES string of the molecule is Cc1ccc(C(=O)Nc2cccc(N)c2C)cc1C. The minimum atomic E-state index is -0.114. The smallest absolute Gasteiger partial charge is 0.255 e. The number of nitrogen functional groups attached to an aromatic ring is 1. The van der Waals surface area contributed by atoms with Crippen molar-refractivity contribution in [2.45, 2.75) is 20.8 Å². The average molecular weight is 254 g/mol. The van der Waals surface area contributed by atoms with Gasteiger partial charge in [-0.2, -0.15) is 0 Å². The summed E-state index contributed by atoms with van der Waals surface area (Å²) in [4.78, 5) is 12.2. The van der Waals surface area contributed by atoms with Crippen molar-refractivity contribution >= 4 is 17.3 Å². The standard InChI is InChI=1S/C16H18N2O/c1-10-7-8-13(9-11(10)2)16(19)18-15-6-4-5-14(17)12(15)3/h4-9H,17H2,1-3H3,(H,18,19). The first-order valence-corrected chi connectivity index (χ1v) is 6.22. The second-order valence-corrected chi connectivity index (χ2v) is 4.77. The summed E-state index contributed by atoms with van der Waals surface area (Å²) in [5.74, 6) is -0.114. The highest BCUT2D eigenvalue weighted by Gasteiger charge is 2.09. The monoisotopic (exact) mass is 254 g/mol. The third-order valence-corrected chi connectivity index (χ3v) is 3.39. The molecule has 2 rings (SSSR count). The number of aryl methyl sites for hydroxylation is 2. The fraction of sp³-hybridized carbons (Fsp3) is 0.188. The van der Waals surface area contributed by atoms with Crippen LogP contribution in [0, 0.1) is 20.8 Å². The molecule has 0 atom stereocenters. The Labute approximate surface area is 113 Å². The minimum absolute atomic E-state index is 0.114. The molecule has 0 aliphatic carbocycles. The van der Waals surface area contributed by atoms with Gasteiger partial charge in [-0.3, -0.25) is 4.79 Å². The maximum atomic E-state index is 12.2. The average Bonchev–Trinajstić information content (AvgIpc) is 2.38. The molecule has 98 valence electrons. The van der Waals surface area contributed by atoms with E-state index in [-0.39, 0.29) is 5.91 Å². The second kappa shape index (κ2) is 5.14. The van der Waals surface area contributed by atoms with E-state index in [0.717, 1.165) is 16.8 Å². The van der Waals surface area contributed by atoms with E-state index in [2.05, 4.69) is 5.32 Å². The molecule has 1 amide bonds. The van der Waals surface area contributed by atoms with Crippen molar-refractivity contribution < 1.29 is 4.79 Å². The molecule has 0 bridgehead atoms. The molecule has 0 heterocycles. The first-order chi connectivity index (χ1) is 8.99. The maximum Gasteiger partial charge on any atom is 0.255 e. The number of rotatable bonds is 2. The van der Waals surface area contributed by atoms with Crippen LogP contribution in [0.1, 0.15) is 27.0 Å². The second-order valence-electron chi connectivity index (χ2n) is 4.77. The van der Waals surface area contributed by atoms with Crippen LogP contribution in [0.5, 0.6) is 0 Å². The minimum Gasteiger partial charge on any atom is -0.398 e. The molecule has 3 N–H and O–H groups in total. The molecule has 3 nitrogen and oxygen atoms in total. The lowest BCUT2D eigenvalue weighted by Gasteiger charge is -2.11. The molecule has 19 heavy (non-hydrogen) atoms. The molecule has 0 aliphatic rings. The van der Waals surface area contributed by atoms with E-state index < -0.39 is 0 Å². The Hall–Kier alpha value is -2.29. The van der Waals surface area contributed by atoms with Crippen LogP contribution in [0.25, 0.3) is 0 Å². The molecule has 0 fully saturated rings. The van der Waals surface area contributed by atoms with Gasteiger partial charge in [-0.15, -0.1) is 0 Å². The number of hydrogen-bond donors (Lipinski definition) is 2. The molecule has 2 aromatic carbocycles. The Morgan fingerprint density at radius 2 is 1.79 bits per heavy atom. The fourth-order valence-corrected chi connectivity index (χ4v) is 1.87. The molecule has 0 unspecified atom stereocenters. The zero-order chi connectivity index (χ0) is 14.0. The summed E-state index contributed by atoms with van der Waals surface area (Å²) in [6.45, 7) is 5.92. The van der Waals surface area contributed by atoms with Crippen LogP contribution in [0.2, 0.25) is 0 Å². The summed E-state index contributed by atoms with van der Waals surface area (Å²) in [6, 6.07) is 11.2. The quantitative estimate of drug-likeness (QED) is 0.806. The number of hydrogen-bond acceptors (Lipinski definition) is 2. The number of benzene rings is 2. The van der Waals surface area contributed by atoms with Gasteiger partial charge >= 0.3 is 0 Å². The van der Waals surface area contributed by atoms with Gasteiger partial charge in [-0.1, -0.05) is 12.1 Å². The van der Waals surface area contributed by atoms with E-state index in [4.69, 9.17) is 5.73 Å². The first-order valence-electron chi connectivity index (χ1n) is 6.22. The van der Waals surface area contributed by atoms with Gasteiger partial charge < -0.3 is 11.1 Å². The Kier molecular flexibility index (Phi) is 3.56. The van der Waals surface area contributed by atoms with E-state index in [0.29, 0.717) is 11.3 Å². The predicted molar refractivity (Wildman–Crippen MR) is 79.5 cm³/mol. The highest BCUT2D eigenvalue weighted by Crippen LogP contribution is 2.21. The van der Waals surface area contributed by atoms with Crippen LogP contribution in [-0.4, -0.2) is 5.91 Å². The van der Waals surface area contributed by atoms with Crippen molar-refractivity contribution in [2.24, 2.45) is 0 Å². The van der Waals surface area contributed by atoms with Gasteiger partial charge in [-0.25, -0.2) is 0 Å². The molecule has 0 aromatic heterocycles. The number of carbonyl (C=O) groups is 1. The van der Waals surface area contributed by atoms with E-state index in [9.17, 15) is 4.79 Å². The largest absolute Gasteiger partial charge is 0.398 e. The third kappa shape index (κ3) is 2.76. The van der Waals surface area contributed by atoms with Crippen molar-refractivity contribution in [2.75, 3.05) is 11.1 Å². The van der Waals surface area contributed by atoms with E-state index >= 15 is 0 Å². The van der Waals surface area contributed by atoms with Gasteiger partial charge in [0.05, 0.1) is 0 Å². The molecule has 0 radical (unpaired) electrons.